The minimum atomic E-state index is -1.44. The van der Waals surface area contributed by atoms with Gasteiger partial charge in [0.05, 0.1) is 18.4 Å². The summed E-state index contributed by atoms with van der Waals surface area (Å²) in [5, 5.41) is 11.9. The maximum atomic E-state index is 12.1. The van der Waals surface area contributed by atoms with Crippen molar-refractivity contribution in [1.82, 2.24) is 0 Å². The number of benzene rings is 2. The Hall–Kier alpha value is -2.38. The summed E-state index contributed by atoms with van der Waals surface area (Å²) in [4.78, 5) is 22.9. The largest absolute Gasteiger partial charge is 0.495 e. The van der Waals surface area contributed by atoms with Crippen LogP contribution in [-0.2, 0) is 21.3 Å². The number of methoxy groups -OCH3 is 1. The van der Waals surface area contributed by atoms with Gasteiger partial charge < -0.3 is 15.2 Å². The molecule has 0 bridgehead atoms. The Balaban J connectivity index is 1.95. The van der Waals surface area contributed by atoms with Crippen molar-refractivity contribution in [1.29, 1.82) is 0 Å². The van der Waals surface area contributed by atoms with E-state index in [1.54, 1.807) is 30.3 Å². The van der Waals surface area contributed by atoms with Gasteiger partial charge in [-0.05, 0) is 35.9 Å². The summed E-state index contributed by atoms with van der Waals surface area (Å²) in [6.45, 7) is 0. The first kappa shape index (κ1) is 19.0. The third-order valence-corrected chi connectivity index (χ3v) is 4.73. The van der Waals surface area contributed by atoms with Crippen molar-refractivity contribution >= 4 is 40.0 Å². The van der Waals surface area contributed by atoms with E-state index < -0.39 is 22.7 Å². The summed E-state index contributed by atoms with van der Waals surface area (Å²) in [6, 6.07) is 10.8. The third kappa shape index (κ3) is 5.58. The van der Waals surface area contributed by atoms with E-state index in [2.05, 4.69) is 5.32 Å². The average Bonchev–Trinajstić information content (AvgIpc) is 2.55. The van der Waals surface area contributed by atoms with Crippen LogP contribution in [-0.4, -0.2) is 34.1 Å². The summed E-state index contributed by atoms with van der Waals surface area (Å²) < 4.78 is 17.3. The van der Waals surface area contributed by atoms with E-state index in [0.717, 1.165) is 0 Å². The summed E-state index contributed by atoms with van der Waals surface area (Å²) in [6.07, 6.45) is 0. The van der Waals surface area contributed by atoms with Gasteiger partial charge in [0.25, 0.3) is 0 Å². The molecule has 25 heavy (non-hydrogen) atoms. The number of nitrogens with one attached hydrogen (secondary N) is 1. The number of amides is 1. The fraction of sp³-hybridized carbons (Fsp3) is 0.176. The van der Waals surface area contributed by atoms with Gasteiger partial charge in [-0.1, -0.05) is 23.7 Å². The Labute approximate surface area is 152 Å². The minimum Gasteiger partial charge on any atom is -0.495 e. The van der Waals surface area contributed by atoms with E-state index in [4.69, 9.17) is 21.4 Å². The lowest BCUT2D eigenvalue weighted by Crippen LogP contribution is -2.20. The summed E-state index contributed by atoms with van der Waals surface area (Å²) in [5.74, 6) is -1.05. The molecule has 1 amide bonds. The number of hydrogen-bond donors (Lipinski definition) is 2. The molecule has 0 saturated heterocycles. The Morgan fingerprint density at radius 2 is 1.88 bits per heavy atom. The van der Waals surface area contributed by atoms with Crippen LogP contribution < -0.4 is 10.1 Å². The minimum absolute atomic E-state index is 0.153. The lowest BCUT2D eigenvalue weighted by molar-refractivity contribution is -0.113. The number of ether oxygens (including phenoxy) is 1. The first-order valence-corrected chi connectivity index (χ1v) is 9.06. The molecule has 0 aliphatic rings. The first-order valence-electron chi connectivity index (χ1n) is 7.19. The van der Waals surface area contributed by atoms with Gasteiger partial charge in [0, 0.05) is 21.6 Å². The normalized spacial score (nSPS) is 11.6. The predicted octanol–water partition coefficient (Wildman–Crippen LogP) is 2.93. The van der Waals surface area contributed by atoms with Crippen molar-refractivity contribution < 1.29 is 23.6 Å². The number of aromatic carboxylic acids is 1. The molecule has 0 aromatic heterocycles. The van der Waals surface area contributed by atoms with Crippen LogP contribution in [0.5, 0.6) is 5.75 Å². The summed E-state index contributed by atoms with van der Waals surface area (Å²) in [7, 11) is 0.0308. The molecule has 2 aromatic carbocycles. The Morgan fingerprint density at radius 3 is 2.48 bits per heavy atom. The molecule has 1 unspecified atom stereocenters. The zero-order valence-electron chi connectivity index (χ0n) is 13.3. The first-order chi connectivity index (χ1) is 11.9. The highest BCUT2D eigenvalue weighted by Crippen LogP contribution is 2.27. The maximum Gasteiger partial charge on any atom is 0.335 e. The molecule has 2 N–H and O–H groups in total. The number of anilines is 1. The summed E-state index contributed by atoms with van der Waals surface area (Å²) in [5.41, 5.74) is 1.25. The molecule has 132 valence electrons. The lowest BCUT2D eigenvalue weighted by atomic mass is 10.1. The van der Waals surface area contributed by atoms with Crippen LogP contribution in [0, 0.1) is 0 Å². The number of carboxylic acid groups (broad SMARTS) is 1. The van der Waals surface area contributed by atoms with Crippen LogP contribution in [0.25, 0.3) is 0 Å². The zero-order valence-corrected chi connectivity index (χ0v) is 14.9. The molecule has 1 atom stereocenters. The average molecular weight is 382 g/mol. The van der Waals surface area contributed by atoms with Gasteiger partial charge in [-0.15, -0.1) is 0 Å². The van der Waals surface area contributed by atoms with Crippen molar-refractivity contribution in [3.8, 4) is 5.75 Å². The van der Waals surface area contributed by atoms with E-state index in [0.29, 0.717) is 22.0 Å². The van der Waals surface area contributed by atoms with Gasteiger partial charge in [0.1, 0.15) is 11.5 Å². The van der Waals surface area contributed by atoms with Gasteiger partial charge >= 0.3 is 5.97 Å². The van der Waals surface area contributed by atoms with E-state index in [1.165, 1.54) is 19.2 Å². The predicted molar refractivity (Wildman–Crippen MR) is 96.7 cm³/mol. The van der Waals surface area contributed by atoms with Crippen molar-refractivity contribution in [2.24, 2.45) is 0 Å². The van der Waals surface area contributed by atoms with Gasteiger partial charge in [-0.25, -0.2) is 4.79 Å². The molecule has 0 spiro atoms. The van der Waals surface area contributed by atoms with Crippen LogP contribution in [0.1, 0.15) is 15.9 Å². The SMILES string of the molecule is COc1ccc(Cl)cc1NC(=O)CS(=O)Cc1ccc(C(=O)O)cc1. The molecular weight excluding hydrogens is 366 g/mol. The number of carbonyl (C=O) groups excluding carboxylic acids is 1. The Bertz CT molecular complexity index is 807. The topological polar surface area (TPSA) is 92.7 Å². The number of halogens is 1. The number of carboxylic acids is 1. The molecule has 6 nitrogen and oxygen atoms in total. The van der Waals surface area contributed by atoms with Crippen molar-refractivity contribution in [3.63, 3.8) is 0 Å². The second kappa shape index (κ2) is 8.64. The van der Waals surface area contributed by atoms with Crippen LogP contribution in [0.2, 0.25) is 5.02 Å². The number of rotatable bonds is 7. The summed E-state index contributed by atoms with van der Waals surface area (Å²) >= 11 is 5.90. The highest BCUT2D eigenvalue weighted by Gasteiger charge is 2.12. The second-order valence-electron chi connectivity index (χ2n) is 5.12. The zero-order chi connectivity index (χ0) is 18.4. The number of hydrogen-bond acceptors (Lipinski definition) is 4. The maximum absolute atomic E-state index is 12.1. The molecule has 0 heterocycles. The molecular formula is C17H16ClNO5S. The van der Waals surface area contributed by atoms with E-state index in [-0.39, 0.29) is 17.1 Å². The fourth-order valence-corrected chi connectivity index (χ4v) is 3.29. The van der Waals surface area contributed by atoms with Crippen LogP contribution >= 0.6 is 11.6 Å². The quantitative estimate of drug-likeness (QED) is 0.769. The third-order valence-electron chi connectivity index (χ3n) is 3.26. The monoisotopic (exact) mass is 381 g/mol. The van der Waals surface area contributed by atoms with Crippen molar-refractivity contribution in [2.75, 3.05) is 18.2 Å². The highest BCUT2D eigenvalue weighted by atomic mass is 35.5. The molecule has 0 radical (unpaired) electrons. The van der Waals surface area contributed by atoms with Crippen LogP contribution in [0.15, 0.2) is 42.5 Å². The standard InChI is InChI=1S/C17H16ClNO5S/c1-24-15-7-6-13(18)8-14(15)19-16(20)10-25(23)9-11-2-4-12(5-3-11)17(21)22/h2-8H,9-10H2,1H3,(H,19,20)(H,21,22). The smallest absolute Gasteiger partial charge is 0.335 e. The number of carbonyl (C=O) groups is 2. The lowest BCUT2D eigenvalue weighted by Gasteiger charge is -2.10. The molecule has 0 saturated carbocycles. The van der Waals surface area contributed by atoms with Gasteiger partial charge in [0.15, 0.2) is 0 Å². The van der Waals surface area contributed by atoms with Gasteiger partial charge in [-0.3, -0.25) is 9.00 Å². The van der Waals surface area contributed by atoms with E-state index in [9.17, 15) is 13.8 Å². The molecule has 0 aliphatic heterocycles. The molecule has 8 heteroatoms. The van der Waals surface area contributed by atoms with Crippen LogP contribution in [0.4, 0.5) is 5.69 Å². The van der Waals surface area contributed by atoms with Crippen molar-refractivity contribution in [3.05, 3.63) is 58.6 Å². The highest BCUT2D eigenvalue weighted by molar-refractivity contribution is 7.84. The molecule has 2 rings (SSSR count). The fourth-order valence-electron chi connectivity index (χ4n) is 2.09. The van der Waals surface area contributed by atoms with Crippen LogP contribution in [0.3, 0.4) is 0 Å². The van der Waals surface area contributed by atoms with E-state index >= 15 is 0 Å². The van der Waals surface area contributed by atoms with Gasteiger partial charge in [-0.2, -0.15) is 0 Å². The van der Waals surface area contributed by atoms with Crippen molar-refractivity contribution in [2.45, 2.75) is 5.75 Å². The second-order valence-corrected chi connectivity index (χ2v) is 7.02. The molecule has 0 fully saturated rings. The molecule has 2 aromatic rings. The van der Waals surface area contributed by atoms with Gasteiger partial charge in [0.2, 0.25) is 5.91 Å². The Morgan fingerprint density at radius 1 is 1.20 bits per heavy atom. The Kier molecular flexibility index (Phi) is 6.55. The molecule has 0 aliphatic carbocycles. The van der Waals surface area contributed by atoms with E-state index in [1.807, 2.05) is 0 Å².